The molecule has 1 atom stereocenters. The first-order valence-corrected chi connectivity index (χ1v) is 10.4. The smallest absolute Gasteiger partial charge is 0.337 e. The highest BCUT2D eigenvalue weighted by Crippen LogP contribution is 2.45. The maximum absolute atomic E-state index is 12.2. The molecule has 3 aromatic heterocycles. The van der Waals surface area contributed by atoms with E-state index in [0.29, 0.717) is 11.3 Å². The molecule has 28 heavy (non-hydrogen) atoms. The number of pyridine rings is 1. The molecule has 1 aliphatic rings. The van der Waals surface area contributed by atoms with Gasteiger partial charge in [0.25, 0.3) is 0 Å². The lowest BCUT2D eigenvalue weighted by atomic mass is 9.90. The summed E-state index contributed by atoms with van der Waals surface area (Å²) >= 11 is 1.73. The second-order valence-corrected chi connectivity index (χ2v) is 9.37. The third kappa shape index (κ3) is 3.33. The lowest BCUT2D eigenvalue weighted by Gasteiger charge is -2.27. The average Bonchev–Trinajstić information content (AvgIpc) is 3.25. The van der Waals surface area contributed by atoms with Crippen molar-refractivity contribution in [2.75, 3.05) is 0 Å². The van der Waals surface area contributed by atoms with E-state index in [0.717, 1.165) is 40.7 Å². The number of carboxylic acids is 1. The number of thiophene rings is 1. The Balaban J connectivity index is 2.06. The van der Waals surface area contributed by atoms with Crippen molar-refractivity contribution in [2.24, 2.45) is 0 Å². The van der Waals surface area contributed by atoms with Gasteiger partial charge in [0.2, 0.25) is 0 Å². The van der Waals surface area contributed by atoms with Gasteiger partial charge >= 0.3 is 5.97 Å². The summed E-state index contributed by atoms with van der Waals surface area (Å²) in [5.41, 5.74) is 3.56. The van der Waals surface area contributed by atoms with Crippen molar-refractivity contribution in [1.82, 2.24) is 15.2 Å². The van der Waals surface area contributed by atoms with Gasteiger partial charge in [-0.1, -0.05) is 0 Å². The van der Waals surface area contributed by atoms with Gasteiger partial charge in [-0.3, -0.25) is 5.10 Å². The molecular weight excluding hydrogens is 374 g/mol. The molecule has 0 saturated carbocycles. The molecule has 2 N–H and O–H groups in total. The summed E-state index contributed by atoms with van der Waals surface area (Å²) in [7, 11) is 0. The van der Waals surface area contributed by atoms with Gasteiger partial charge in [0.05, 0.1) is 11.3 Å². The quantitative estimate of drug-likeness (QED) is 0.657. The molecule has 1 aliphatic carbocycles. The number of hydrogen-bond acceptors (Lipinski definition) is 5. The van der Waals surface area contributed by atoms with Gasteiger partial charge in [0, 0.05) is 33.3 Å². The Morgan fingerprint density at radius 1 is 1.32 bits per heavy atom. The first-order chi connectivity index (χ1) is 13.3. The predicted octanol–water partition coefficient (Wildman–Crippen LogP) is 4.81. The van der Waals surface area contributed by atoms with E-state index in [1.54, 1.807) is 17.5 Å². The normalized spacial score (nSPS) is 15.6. The molecule has 4 rings (SSSR count). The molecule has 7 heteroatoms. The SMILES string of the molecule is Cc1nc2sc3c(c2c(-c2cc[nH]n2)c1[C@H](OC(C)(C)C)C(=O)O)CCCC3. The Morgan fingerprint density at radius 3 is 2.71 bits per heavy atom. The second kappa shape index (κ2) is 6.97. The molecule has 3 aromatic rings. The van der Waals surface area contributed by atoms with E-state index >= 15 is 0 Å². The third-order valence-corrected chi connectivity index (χ3v) is 6.23. The van der Waals surface area contributed by atoms with Crippen LogP contribution in [0.2, 0.25) is 0 Å². The molecule has 0 fully saturated rings. The number of carboxylic acid groups (broad SMARTS) is 1. The summed E-state index contributed by atoms with van der Waals surface area (Å²) in [6.07, 6.45) is 5.04. The van der Waals surface area contributed by atoms with Gasteiger partial charge in [-0.25, -0.2) is 9.78 Å². The highest BCUT2D eigenvalue weighted by Gasteiger charge is 2.34. The minimum absolute atomic E-state index is 0.605. The monoisotopic (exact) mass is 399 g/mol. The van der Waals surface area contributed by atoms with Crippen LogP contribution in [-0.4, -0.2) is 31.9 Å². The predicted molar refractivity (Wildman–Crippen MR) is 110 cm³/mol. The van der Waals surface area contributed by atoms with Crippen LogP contribution in [0.25, 0.3) is 21.5 Å². The van der Waals surface area contributed by atoms with Crippen LogP contribution in [0.1, 0.15) is 61.4 Å². The van der Waals surface area contributed by atoms with E-state index in [2.05, 4.69) is 10.2 Å². The molecule has 0 radical (unpaired) electrons. The van der Waals surface area contributed by atoms with Gasteiger partial charge < -0.3 is 9.84 Å². The van der Waals surface area contributed by atoms with Crippen LogP contribution in [0.4, 0.5) is 0 Å². The van der Waals surface area contributed by atoms with Crippen LogP contribution >= 0.6 is 11.3 Å². The molecule has 0 unspecified atom stereocenters. The van der Waals surface area contributed by atoms with E-state index in [4.69, 9.17) is 9.72 Å². The maximum Gasteiger partial charge on any atom is 0.337 e. The molecule has 0 saturated heterocycles. The zero-order chi connectivity index (χ0) is 20.1. The van der Waals surface area contributed by atoms with Gasteiger partial charge in [-0.05, 0) is 65.0 Å². The van der Waals surface area contributed by atoms with Crippen LogP contribution in [0.5, 0.6) is 0 Å². The number of nitrogens with zero attached hydrogens (tertiary/aromatic N) is 2. The zero-order valence-corrected chi connectivity index (χ0v) is 17.4. The third-order valence-electron chi connectivity index (χ3n) is 5.05. The molecule has 148 valence electrons. The van der Waals surface area contributed by atoms with E-state index in [-0.39, 0.29) is 0 Å². The number of aromatic nitrogens is 3. The van der Waals surface area contributed by atoms with Gasteiger partial charge in [0.15, 0.2) is 6.10 Å². The molecule has 0 aromatic carbocycles. The average molecular weight is 400 g/mol. The molecule has 0 spiro atoms. The molecule has 0 bridgehead atoms. The molecule has 6 nitrogen and oxygen atoms in total. The lowest BCUT2D eigenvalue weighted by Crippen LogP contribution is -2.28. The minimum Gasteiger partial charge on any atom is -0.479 e. The summed E-state index contributed by atoms with van der Waals surface area (Å²) < 4.78 is 6.00. The molecule has 3 heterocycles. The summed E-state index contributed by atoms with van der Waals surface area (Å²) in [6.45, 7) is 7.46. The number of aliphatic carboxylic acids is 1. The van der Waals surface area contributed by atoms with Crippen molar-refractivity contribution in [3.63, 3.8) is 0 Å². The number of ether oxygens (including phenoxy) is 1. The Morgan fingerprint density at radius 2 is 2.07 bits per heavy atom. The topological polar surface area (TPSA) is 88.1 Å². The van der Waals surface area contributed by atoms with Crippen LogP contribution in [0, 0.1) is 6.92 Å². The first-order valence-electron chi connectivity index (χ1n) is 9.62. The van der Waals surface area contributed by atoms with Crippen molar-refractivity contribution in [2.45, 2.75) is 65.1 Å². The second-order valence-electron chi connectivity index (χ2n) is 8.28. The Labute approximate surface area is 168 Å². The van der Waals surface area contributed by atoms with E-state index in [1.165, 1.54) is 16.9 Å². The number of aryl methyl sites for hydroxylation is 3. The van der Waals surface area contributed by atoms with Crippen LogP contribution in [0.3, 0.4) is 0 Å². The molecular formula is C21H25N3O3S. The Bertz CT molecular complexity index is 1030. The fourth-order valence-corrected chi connectivity index (χ4v) is 5.31. The summed E-state index contributed by atoms with van der Waals surface area (Å²) in [6, 6.07) is 1.89. The largest absolute Gasteiger partial charge is 0.479 e. The Kier molecular flexibility index (Phi) is 4.75. The highest BCUT2D eigenvalue weighted by atomic mass is 32.1. The number of hydrogen-bond donors (Lipinski definition) is 2. The van der Waals surface area contributed by atoms with Crippen molar-refractivity contribution >= 4 is 27.5 Å². The highest BCUT2D eigenvalue weighted by molar-refractivity contribution is 7.19. The number of carbonyl (C=O) groups is 1. The molecule has 0 aliphatic heterocycles. The standard InChI is InChI=1S/C21H25N3O3S/c1-11-15(18(20(25)26)27-21(2,3)4)17(13-9-10-22-24-13)16-12-7-5-6-8-14(12)28-19(16)23-11/h9-10,18H,5-8H2,1-4H3,(H,22,24)(H,25,26)/t18-/m0/s1. The number of fused-ring (bicyclic) bond motifs is 3. The van der Waals surface area contributed by atoms with Gasteiger partial charge in [-0.2, -0.15) is 5.10 Å². The van der Waals surface area contributed by atoms with Crippen LogP contribution < -0.4 is 0 Å². The minimum atomic E-state index is -1.11. The zero-order valence-electron chi connectivity index (χ0n) is 16.6. The van der Waals surface area contributed by atoms with Crippen molar-refractivity contribution in [3.8, 4) is 11.3 Å². The first kappa shape index (κ1) is 19.1. The van der Waals surface area contributed by atoms with Crippen molar-refractivity contribution < 1.29 is 14.6 Å². The summed E-state index contributed by atoms with van der Waals surface area (Å²) in [5.74, 6) is -1.01. The fourth-order valence-electron chi connectivity index (χ4n) is 3.99. The number of aromatic amines is 1. The lowest BCUT2D eigenvalue weighted by molar-refractivity contribution is -0.160. The number of H-pyrrole nitrogens is 1. The van der Waals surface area contributed by atoms with Crippen molar-refractivity contribution in [1.29, 1.82) is 0 Å². The number of nitrogens with one attached hydrogen (secondary N) is 1. The summed E-state index contributed by atoms with van der Waals surface area (Å²) in [5, 5.41) is 18.4. The van der Waals surface area contributed by atoms with Gasteiger partial charge in [0.1, 0.15) is 4.83 Å². The Hall–Kier alpha value is -2.25. The van der Waals surface area contributed by atoms with Crippen LogP contribution in [0.15, 0.2) is 12.3 Å². The van der Waals surface area contributed by atoms with Crippen molar-refractivity contribution in [3.05, 3.63) is 34.0 Å². The van der Waals surface area contributed by atoms with Gasteiger partial charge in [-0.15, -0.1) is 11.3 Å². The molecule has 0 amide bonds. The fraction of sp³-hybridized carbons (Fsp3) is 0.476. The maximum atomic E-state index is 12.2. The summed E-state index contributed by atoms with van der Waals surface area (Å²) in [4.78, 5) is 19.4. The van der Waals surface area contributed by atoms with E-state index < -0.39 is 17.7 Å². The number of rotatable bonds is 4. The van der Waals surface area contributed by atoms with E-state index in [1.807, 2.05) is 33.8 Å². The van der Waals surface area contributed by atoms with Crippen LogP contribution in [-0.2, 0) is 22.4 Å². The van der Waals surface area contributed by atoms with E-state index in [9.17, 15) is 9.90 Å².